The Kier molecular flexibility index (Phi) is 6.31. The Hall–Kier alpha value is -2.28. The van der Waals surface area contributed by atoms with E-state index < -0.39 is 11.8 Å². The van der Waals surface area contributed by atoms with Crippen LogP contribution in [0, 0.1) is 0 Å². The summed E-state index contributed by atoms with van der Waals surface area (Å²) >= 11 is 0. The van der Waals surface area contributed by atoms with Crippen LogP contribution in [-0.2, 0) is 14.3 Å². The van der Waals surface area contributed by atoms with Gasteiger partial charge in [-0.2, -0.15) is 0 Å². The van der Waals surface area contributed by atoms with Gasteiger partial charge in [-0.3, -0.25) is 9.59 Å². The van der Waals surface area contributed by atoms with Crippen LogP contribution < -0.4 is 20.1 Å². The van der Waals surface area contributed by atoms with Crippen LogP contribution in [0.5, 0.6) is 11.5 Å². The zero-order valence-electron chi connectivity index (χ0n) is 11.7. The first-order chi connectivity index (χ1) is 9.62. The molecule has 0 radical (unpaired) electrons. The number of rotatable bonds is 6. The summed E-state index contributed by atoms with van der Waals surface area (Å²) in [5.74, 6) is -0.481. The molecule has 1 rings (SSSR count). The fourth-order valence-corrected chi connectivity index (χ4v) is 1.45. The lowest BCUT2D eigenvalue weighted by atomic mass is 10.2. The Morgan fingerprint density at radius 2 is 1.75 bits per heavy atom. The molecule has 0 unspecified atom stereocenters. The van der Waals surface area contributed by atoms with E-state index in [9.17, 15) is 9.59 Å². The van der Waals surface area contributed by atoms with E-state index in [2.05, 4.69) is 10.6 Å². The molecule has 7 nitrogen and oxygen atoms in total. The zero-order chi connectivity index (χ0) is 15.0. The van der Waals surface area contributed by atoms with Crippen LogP contribution in [0.3, 0.4) is 0 Å². The minimum Gasteiger partial charge on any atom is -0.493 e. The molecular weight excluding hydrogens is 264 g/mol. The number of amides is 2. The van der Waals surface area contributed by atoms with Crippen molar-refractivity contribution in [1.82, 2.24) is 5.32 Å². The van der Waals surface area contributed by atoms with Gasteiger partial charge in [0.15, 0.2) is 11.5 Å². The van der Waals surface area contributed by atoms with Gasteiger partial charge in [-0.25, -0.2) is 0 Å². The molecule has 0 aromatic heterocycles. The first kappa shape index (κ1) is 15.8. The van der Waals surface area contributed by atoms with Crippen molar-refractivity contribution in [3.05, 3.63) is 18.2 Å². The van der Waals surface area contributed by atoms with Gasteiger partial charge in [0.2, 0.25) is 0 Å². The normalized spacial score (nSPS) is 9.75. The van der Waals surface area contributed by atoms with Gasteiger partial charge in [0.25, 0.3) is 0 Å². The average molecular weight is 282 g/mol. The summed E-state index contributed by atoms with van der Waals surface area (Å²) in [5, 5.41) is 4.89. The molecule has 2 amide bonds. The molecular formula is C13H18N2O5. The summed E-state index contributed by atoms with van der Waals surface area (Å²) in [4.78, 5) is 23.1. The molecule has 0 atom stereocenters. The SMILES string of the molecule is COCCNC(=O)C(=O)Nc1ccc(OC)c(OC)c1. The van der Waals surface area contributed by atoms with Crippen molar-refractivity contribution in [2.45, 2.75) is 0 Å². The first-order valence-electron chi connectivity index (χ1n) is 5.92. The number of anilines is 1. The van der Waals surface area contributed by atoms with Crippen LogP contribution in [0.25, 0.3) is 0 Å². The Bertz CT molecular complexity index is 476. The molecule has 0 saturated carbocycles. The Morgan fingerprint density at radius 1 is 1.05 bits per heavy atom. The van der Waals surface area contributed by atoms with Crippen molar-refractivity contribution in [2.75, 3.05) is 39.8 Å². The molecule has 0 aliphatic carbocycles. The predicted molar refractivity (Wildman–Crippen MR) is 73.1 cm³/mol. The highest BCUT2D eigenvalue weighted by Crippen LogP contribution is 2.29. The van der Waals surface area contributed by atoms with Gasteiger partial charge in [0.05, 0.1) is 20.8 Å². The third-order valence-corrected chi connectivity index (χ3v) is 2.44. The smallest absolute Gasteiger partial charge is 0.313 e. The molecule has 0 aliphatic rings. The van der Waals surface area contributed by atoms with Gasteiger partial charge < -0.3 is 24.8 Å². The van der Waals surface area contributed by atoms with E-state index in [1.165, 1.54) is 21.3 Å². The zero-order valence-corrected chi connectivity index (χ0v) is 11.7. The molecule has 0 spiro atoms. The second-order valence-corrected chi connectivity index (χ2v) is 3.77. The highest BCUT2D eigenvalue weighted by atomic mass is 16.5. The van der Waals surface area contributed by atoms with Crippen LogP contribution in [0.4, 0.5) is 5.69 Å². The van der Waals surface area contributed by atoms with Gasteiger partial charge in [-0.15, -0.1) is 0 Å². The van der Waals surface area contributed by atoms with Crippen LogP contribution in [0.2, 0.25) is 0 Å². The molecule has 1 aromatic rings. The molecule has 1 aromatic carbocycles. The van der Waals surface area contributed by atoms with Crippen molar-refractivity contribution in [3.8, 4) is 11.5 Å². The molecule has 0 heterocycles. The number of carbonyl (C=O) groups is 2. The molecule has 110 valence electrons. The topological polar surface area (TPSA) is 85.9 Å². The van der Waals surface area contributed by atoms with E-state index >= 15 is 0 Å². The van der Waals surface area contributed by atoms with E-state index in [-0.39, 0.29) is 6.54 Å². The number of hydrogen-bond acceptors (Lipinski definition) is 5. The number of methoxy groups -OCH3 is 3. The van der Waals surface area contributed by atoms with Gasteiger partial charge in [0, 0.05) is 25.4 Å². The van der Waals surface area contributed by atoms with Crippen molar-refractivity contribution in [2.24, 2.45) is 0 Å². The van der Waals surface area contributed by atoms with E-state index in [0.29, 0.717) is 23.8 Å². The van der Waals surface area contributed by atoms with E-state index in [0.717, 1.165) is 0 Å². The Labute approximate surface area is 117 Å². The molecule has 0 aliphatic heterocycles. The minimum absolute atomic E-state index is 0.273. The maximum absolute atomic E-state index is 11.6. The molecule has 0 saturated heterocycles. The first-order valence-corrected chi connectivity index (χ1v) is 5.92. The van der Waals surface area contributed by atoms with Crippen LogP contribution in [0.1, 0.15) is 0 Å². The number of hydrogen-bond donors (Lipinski definition) is 2. The van der Waals surface area contributed by atoms with Crippen molar-refractivity contribution in [1.29, 1.82) is 0 Å². The number of benzene rings is 1. The van der Waals surface area contributed by atoms with Gasteiger partial charge >= 0.3 is 11.8 Å². The minimum atomic E-state index is -0.756. The lowest BCUT2D eigenvalue weighted by Gasteiger charge is -2.10. The molecule has 7 heteroatoms. The molecule has 20 heavy (non-hydrogen) atoms. The van der Waals surface area contributed by atoms with E-state index in [1.807, 2.05) is 0 Å². The van der Waals surface area contributed by atoms with Crippen LogP contribution in [0.15, 0.2) is 18.2 Å². The summed E-state index contributed by atoms with van der Waals surface area (Å²) < 4.78 is 15.0. The van der Waals surface area contributed by atoms with Crippen LogP contribution >= 0.6 is 0 Å². The van der Waals surface area contributed by atoms with Gasteiger partial charge in [0.1, 0.15) is 0 Å². The fourth-order valence-electron chi connectivity index (χ4n) is 1.45. The lowest BCUT2D eigenvalue weighted by Crippen LogP contribution is -2.37. The maximum atomic E-state index is 11.6. The summed E-state index contributed by atoms with van der Waals surface area (Å²) in [7, 11) is 4.51. The van der Waals surface area contributed by atoms with Crippen molar-refractivity contribution in [3.63, 3.8) is 0 Å². The van der Waals surface area contributed by atoms with E-state index in [1.54, 1.807) is 18.2 Å². The van der Waals surface area contributed by atoms with Crippen molar-refractivity contribution < 1.29 is 23.8 Å². The predicted octanol–water partition coefficient (Wildman–Crippen LogP) is 0.405. The highest BCUT2D eigenvalue weighted by molar-refractivity contribution is 6.39. The highest BCUT2D eigenvalue weighted by Gasteiger charge is 2.14. The third kappa shape index (κ3) is 4.43. The molecule has 0 fully saturated rings. The Balaban J connectivity index is 2.63. The quantitative estimate of drug-likeness (QED) is 0.583. The monoisotopic (exact) mass is 282 g/mol. The standard InChI is InChI=1S/C13H18N2O5/c1-18-7-6-14-12(16)13(17)15-9-4-5-10(19-2)11(8-9)20-3/h4-5,8H,6-7H2,1-3H3,(H,14,16)(H,15,17). The summed E-state index contributed by atoms with van der Waals surface area (Å²) in [5.41, 5.74) is 0.439. The number of ether oxygens (including phenoxy) is 3. The second kappa shape index (κ2) is 8.00. The molecule has 0 bridgehead atoms. The lowest BCUT2D eigenvalue weighted by molar-refractivity contribution is -0.136. The summed E-state index contributed by atoms with van der Waals surface area (Å²) in [6.45, 7) is 0.615. The number of nitrogens with one attached hydrogen (secondary N) is 2. The van der Waals surface area contributed by atoms with Crippen LogP contribution in [-0.4, -0.2) is 46.3 Å². The fraction of sp³-hybridized carbons (Fsp3) is 0.385. The Morgan fingerprint density at radius 3 is 2.35 bits per heavy atom. The largest absolute Gasteiger partial charge is 0.493 e. The number of carbonyl (C=O) groups excluding carboxylic acids is 2. The average Bonchev–Trinajstić information content (AvgIpc) is 2.47. The summed E-state index contributed by atoms with van der Waals surface area (Å²) in [6.07, 6.45) is 0. The van der Waals surface area contributed by atoms with Gasteiger partial charge in [-0.1, -0.05) is 0 Å². The summed E-state index contributed by atoms with van der Waals surface area (Å²) in [6, 6.07) is 4.82. The van der Waals surface area contributed by atoms with E-state index in [4.69, 9.17) is 14.2 Å². The van der Waals surface area contributed by atoms with Crippen molar-refractivity contribution >= 4 is 17.5 Å². The third-order valence-electron chi connectivity index (χ3n) is 2.44. The second-order valence-electron chi connectivity index (χ2n) is 3.77. The van der Waals surface area contributed by atoms with Gasteiger partial charge in [-0.05, 0) is 12.1 Å². The molecule has 2 N–H and O–H groups in total. The maximum Gasteiger partial charge on any atom is 0.313 e.